The van der Waals surface area contributed by atoms with E-state index in [1.165, 1.54) is 12.8 Å². The number of hydrogen-bond donors (Lipinski definition) is 1. The monoisotopic (exact) mass is 291 g/mol. The highest BCUT2D eigenvalue weighted by molar-refractivity contribution is 5.28. The predicted octanol–water partition coefficient (Wildman–Crippen LogP) is 3.63. The summed E-state index contributed by atoms with van der Waals surface area (Å²) >= 11 is 0. The van der Waals surface area contributed by atoms with Gasteiger partial charge in [-0.2, -0.15) is 0 Å². The lowest BCUT2D eigenvalue weighted by Gasteiger charge is -2.37. The quantitative estimate of drug-likeness (QED) is 0.868. The standard InChI is InChI=1S/C18H29NO2/c1-4-13-21-16-7-5-15(6-8-16)17(20)14-19-11-9-18(2,3)10-12-19/h5-8,17,20H,4,9-14H2,1-3H3. The van der Waals surface area contributed by atoms with Crippen molar-refractivity contribution in [1.29, 1.82) is 0 Å². The minimum absolute atomic E-state index is 0.411. The third-order valence-electron chi connectivity index (χ3n) is 4.38. The molecule has 0 aliphatic carbocycles. The van der Waals surface area contributed by atoms with Crippen molar-refractivity contribution in [3.8, 4) is 5.75 Å². The Morgan fingerprint density at radius 1 is 1.19 bits per heavy atom. The lowest BCUT2D eigenvalue weighted by atomic mass is 9.82. The van der Waals surface area contributed by atoms with E-state index in [1.54, 1.807) is 0 Å². The predicted molar refractivity (Wildman–Crippen MR) is 86.6 cm³/mol. The molecule has 0 saturated carbocycles. The topological polar surface area (TPSA) is 32.7 Å². The van der Waals surface area contributed by atoms with Crippen molar-refractivity contribution in [3.63, 3.8) is 0 Å². The zero-order valence-corrected chi connectivity index (χ0v) is 13.6. The second-order valence-corrected chi connectivity index (χ2v) is 6.90. The van der Waals surface area contributed by atoms with Crippen LogP contribution in [0.5, 0.6) is 5.75 Å². The Hall–Kier alpha value is -1.06. The van der Waals surface area contributed by atoms with Crippen LogP contribution in [0, 0.1) is 5.41 Å². The second kappa shape index (κ2) is 7.28. The van der Waals surface area contributed by atoms with Crippen LogP contribution in [0.2, 0.25) is 0 Å². The van der Waals surface area contributed by atoms with E-state index in [-0.39, 0.29) is 0 Å². The summed E-state index contributed by atoms with van der Waals surface area (Å²) in [6.45, 7) is 10.4. The number of β-amino-alcohol motifs (C(OH)–C–C–N with tert-alkyl or cyclic N) is 1. The molecule has 0 aromatic heterocycles. The minimum Gasteiger partial charge on any atom is -0.494 e. The van der Waals surface area contributed by atoms with E-state index in [0.29, 0.717) is 5.41 Å². The zero-order chi connectivity index (χ0) is 15.3. The van der Waals surface area contributed by atoms with Gasteiger partial charge in [-0.1, -0.05) is 32.9 Å². The number of ether oxygens (including phenoxy) is 1. The van der Waals surface area contributed by atoms with Crippen LogP contribution in [-0.2, 0) is 0 Å². The summed E-state index contributed by atoms with van der Waals surface area (Å²) in [6, 6.07) is 7.86. The van der Waals surface area contributed by atoms with Crippen molar-refractivity contribution in [2.45, 2.75) is 46.1 Å². The van der Waals surface area contributed by atoms with Gasteiger partial charge in [0.25, 0.3) is 0 Å². The summed E-state index contributed by atoms with van der Waals surface area (Å²) in [5, 5.41) is 10.4. The molecular formula is C18H29NO2. The molecule has 0 amide bonds. The Bertz CT molecular complexity index is 417. The molecule has 1 aromatic rings. The molecule has 21 heavy (non-hydrogen) atoms. The molecule has 1 atom stereocenters. The first-order chi connectivity index (χ1) is 10.00. The second-order valence-electron chi connectivity index (χ2n) is 6.90. The highest BCUT2D eigenvalue weighted by Crippen LogP contribution is 2.30. The SMILES string of the molecule is CCCOc1ccc(C(O)CN2CCC(C)(C)CC2)cc1. The van der Waals surface area contributed by atoms with Crippen LogP contribution >= 0.6 is 0 Å². The Morgan fingerprint density at radius 2 is 1.81 bits per heavy atom. The van der Waals surface area contributed by atoms with E-state index in [0.717, 1.165) is 44.0 Å². The first kappa shape index (κ1) is 16.3. The van der Waals surface area contributed by atoms with Gasteiger partial charge in [0.1, 0.15) is 5.75 Å². The summed E-state index contributed by atoms with van der Waals surface area (Å²) in [6.07, 6.45) is 3.02. The van der Waals surface area contributed by atoms with E-state index in [4.69, 9.17) is 4.74 Å². The van der Waals surface area contributed by atoms with Crippen LogP contribution in [0.4, 0.5) is 0 Å². The molecule has 1 fully saturated rings. The Kier molecular flexibility index (Phi) is 5.65. The molecule has 3 heteroatoms. The van der Waals surface area contributed by atoms with Crippen molar-refractivity contribution in [2.75, 3.05) is 26.2 Å². The van der Waals surface area contributed by atoms with Crippen molar-refractivity contribution in [1.82, 2.24) is 4.90 Å². The number of aliphatic hydroxyl groups is 1. The number of likely N-dealkylation sites (tertiary alicyclic amines) is 1. The molecule has 0 radical (unpaired) electrons. The molecule has 1 saturated heterocycles. The Balaban J connectivity index is 1.84. The smallest absolute Gasteiger partial charge is 0.119 e. The number of hydrogen-bond acceptors (Lipinski definition) is 3. The van der Waals surface area contributed by atoms with Gasteiger partial charge in [-0.25, -0.2) is 0 Å². The van der Waals surface area contributed by atoms with Gasteiger partial charge in [-0.3, -0.25) is 0 Å². The first-order valence-electron chi connectivity index (χ1n) is 8.13. The Labute approximate surface area is 128 Å². The third-order valence-corrected chi connectivity index (χ3v) is 4.38. The van der Waals surface area contributed by atoms with Gasteiger partial charge in [0.2, 0.25) is 0 Å². The van der Waals surface area contributed by atoms with Crippen LogP contribution in [0.25, 0.3) is 0 Å². The van der Waals surface area contributed by atoms with Crippen LogP contribution in [0.1, 0.15) is 51.7 Å². The van der Waals surface area contributed by atoms with Gasteiger partial charge >= 0.3 is 0 Å². The van der Waals surface area contributed by atoms with Crippen molar-refractivity contribution in [3.05, 3.63) is 29.8 Å². The summed E-state index contributed by atoms with van der Waals surface area (Å²) < 4.78 is 5.57. The molecule has 0 bridgehead atoms. The van der Waals surface area contributed by atoms with Crippen molar-refractivity contribution < 1.29 is 9.84 Å². The molecule has 2 rings (SSSR count). The van der Waals surface area contributed by atoms with E-state index in [1.807, 2.05) is 24.3 Å². The van der Waals surface area contributed by atoms with Crippen molar-refractivity contribution in [2.24, 2.45) is 5.41 Å². The fourth-order valence-electron chi connectivity index (χ4n) is 2.70. The lowest BCUT2D eigenvalue weighted by Crippen LogP contribution is -2.39. The van der Waals surface area contributed by atoms with Crippen LogP contribution in [-0.4, -0.2) is 36.2 Å². The molecule has 1 aliphatic rings. The summed E-state index contributed by atoms with van der Waals surface area (Å²) in [5.41, 5.74) is 1.43. The molecule has 1 aliphatic heterocycles. The van der Waals surface area contributed by atoms with Gasteiger partial charge in [-0.15, -0.1) is 0 Å². The Morgan fingerprint density at radius 3 is 2.38 bits per heavy atom. The molecule has 3 nitrogen and oxygen atoms in total. The zero-order valence-electron chi connectivity index (χ0n) is 13.6. The van der Waals surface area contributed by atoms with Crippen LogP contribution < -0.4 is 4.74 Å². The van der Waals surface area contributed by atoms with Crippen LogP contribution in [0.3, 0.4) is 0 Å². The van der Waals surface area contributed by atoms with E-state index in [2.05, 4.69) is 25.7 Å². The maximum absolute atomic E-state index is 10.4. The summed E-state index contributed by atoms with van der Waals surface area (Å²) in [4.78, 5) is 2.37. The number of aliphatic hydroxyl groups excluding tert-OH is 1. The van der Waals surface area contributed by atoms with Crippen molar-refractivity contribution >= 4 is 0 Å². The fraction of sp³-hybridized carbons (Fsp3) is 0.667. The van der Waals surface area contributed by atoms with Gasteiger partial charge in [0, 0.05) is 6.54 Å². The van der Waals surface area contributed by atoms with E-state index >= 15 is 0 Å². The molecule has 118 valence electrons. The number of benzene rings is 1. The highest BCUT2D eigenvalue weighted by atomic mass is 16.5. The first-order valence-corrected chi connectivity index (χ1v) is 8.13. The number of nitrogens with zero attached hydrogens (tertiary/aromatic N) is 1. The minimum atomic E-state index is -0.411. The molecule has 0 spiro atoms. The van der Waals surface area contributed by atoms with Gasteiger partial charge in [-0.05, 0) is 55.5 Å². The third kappa shape index (κ3) is 5.01. The van der Waals surface area contributed by atoms with Gasteiger partial charge < -0.3 is 14.7 Å². The largest absolute Gasteiger partial charge is 0.494 e. The average Bonchev–Trinajstić information content (AvgIpc) is 2.48. The average molecular weight is 291 g/mol. The molecule has 1 aromatic carbocycles. The molecular weight excluding hydrogens is 262 g/mol. The van der Waals surface area contributed by atoms with Gasteiger partial charge in [0.05, 0.1) is 12.7 Å². The maximum Gasteiger partial charge on any atom is 0.119 e. The lowest BCUT2D eigenvalue weighted by molar-refractivity contribution is 0.0703. The maximum atomic E-state index is 10.4. The van der Waals surface area contributed by atoms with Crippen LogP contribution in [0.15, 0.2) is 24.3 Å². The van der Waals surface area contributed by atoms with E-state index in [9.17, 15) is 5.11 Å². The number of piperidine rings is 1. The molecule has 1 N–H and O–H groups in total. The fourth-order valence-corrected chi connectivity index (χ4v) is 2.70. The molecule has 1 heterocycles. The normalized spacial score (nSPS) is 20.2. The molecule has 1 unspecified atom stereocenters. The number of rotatable bonds is 6. The highest BCUT2D eigenvalue weighted by Gasteiger charge is 2.26. The summed E-state index contributed by atoms with van der Waals surface area (Å²) in [5.74, 6) is 0.882. The van der Waals surface area contributed by atoms with Gasteiger partial charge in [0.15, 0.2) is 0 Å². The van der Waals surface area contributed by atoms with E-state index < -0.39 is 6.10 Å². The summed E-state index contributed by atoms with van der Waals surface area (Å²) in [7, 11) is 0.